The van der Waals surface area contributed by atoms with Gasteiger partial charge >= 0.3 is 0 Å². The van der Waals surface area contributed by atoms with Crippen LogP contribution in [0.4, 0.5) is 11.5 Å². The fraction of sp³-hybridized carbons (Fsp3) is 0.250. The SMILES string of the molecule is CNc1cnccc1C(=O)Nc1cc(C)nn1C. The van der Waals surface area contributed by atoms with E-state index >= 15 is 0 Å². The van der Waals surface area contributed by atoms with Crippen LogP contribution in [0.15, 0.2) is 24.5 Å². The zero-order chi connectivity index (χ0) is 13.1. The topological polar surface area (TPSA) is 71.8 Å². The lowest BCUT2D eigenvalue weighted by Gasteiger charge is -2.08. The van der Waals surface area contributed by atoms with Gasteiger partial charge < -0.3 is 10.6 Å². The quantitative estimate of drug-likeness (QED) is 0.857. The molecule has 0 unspecified atom stereocenters. The first-order valence-corrected chi connectivity index (χ1v) is 5.55. The third kappa shape index (κ3) is 2.32. The highest BCUT2D eigenvalue weighted by Gasteiger charge is 2.12. The summed E-state index contributed by atoms with van der Waals surface area (Å²) in [6.07, 6.45) is 3.20. The molecule has 1 amide bonds. The van der Waals surface area contributed by atoms with E-state index in [4.69, 9.17) is 0 Å². The smallest absolute Gasteiger partial charge is 0.259 e. The summed E-state index contributed by atoms with van der Waals surface area (Å²) >= 11 is 0. The van der Waals surface area contributed by atoms with Crippen LogP contribution in [0.3, 0.4) is 0 Å². The number of hydrogen-bond acceptors (Lipinski definition) is 4. The van der Waals surface area contributed by atoms with E-state index in [0.717, 1.165) is 5.69 Å². The van der Waals surface area contributed by atoms with Crippen LogP contribution in [0.1, 0.15) is 16.1 Å². The molecule has 0 fully saturated rings. The second-order valence-corrected chi connectivity index (χ2v) is 3.92. The molecule has 0 aliphatic rings. The van der Waals surface area contributed by atoms with Crippen molar-refractivity contribution in [2.45, 2.75) is 6.92 Å². The van der Waals surface area contributed by atoms with Crippen LogP contribution in [-0.4, -0.2) is 27.7 Å². The lowest BCUT2D eigenvalue weighted by atomic mass is 10.2. The number of aryl methyl sites for hydroxylation is 2. The van der Waals surface area contributed by atoms with Crippen molar-refractivity contribution in [1.82, 2.24) is 14.8 Å². The van der Waals surface area contributed by atoms with Gasteiger partial charge in [0.15, 0.2) is 0 Å². The number of hydrogen-bond donors (Lipinski definition) is 2. The Bertz CT molecular complexity index is 576. The van der Waals surface area contributed by atoms with Crippen molar-refractivity contribution in [3.05, 3.63) is 35.8 Å². The third-order valence-corrected chi connectivity index (χ3v) is 2.58. The van der Waals surface area contributed by atoms with Gasteiger partial charge in [0.1, 0.15) is 5.82 Å². The van der Waals surface area contributed by atoms with Gasteiger partial charge in [-0.3, -0.25) is 14.5 Å². The van der Waals surface area contributed by atoms with Crippen LogP contribution >= 0.6 is 0 Å². The number of nitrogens with zero attached hydrogens (tertiary/aromatic N) is 3. The van der Waals surface area contributed by atoms with E-state index < -0.39 is 0 Å². The highest BCUT2D eigenvalue weighted by Crippen LogP contribution is 2.15. The fourth-order valence-electron chi connectivity index (χ4n) is 1.70. The molecular formula is C12H15N5O. The van der Waals surface area contributed by atoms with E-state index in [9.17, 15) is 4.79 Å². The highest BCUT2D eigenvalue weighted by molar-refractivity contribution is 6.07. The molecule has 6 nitrogen and oxygen atoms in total. The van der Waals surface area contributed by atoms with Crippen molar-refractivity contribution in [1.29, 1.82) is 0 Å². The molecule has 2 aromatic heterocycles. The number of nitrogens with one attached hydrogen (secondary N) is 2. The number of aromatic nitrogens is 3. The van der Waals surface area contributed by atoms with Gasteiger partial charge in [-0.2, -0.15) is 5.10 Å². The molecule has 0 bridgehead atoms. The van der Waals surface area contributed by atoms with Gasteiger partial charge in [0.2, 0.25) is 0 Å². The van der Waals surface area contributed by atoms with Gasteiger partial charge in [0, 0.05) is 26.4 Å². The van der Waals surface area contributed by atoms with Crippen molar-refractivity contribution in [3.8, 4) is 0 Å². The van der Waals surface area contributed by atoms with Crippen molar-refractivity contribution < 1.29 is 4.79 Å². The summed E-state index contributed by atoms with van der Waals surface area (Å²) in [6.45, 7) is 1.88. The summed E-state index contributed by atoms with van der Waals surface area (Å²) < 4.78 is 1.63. The molecule has 94 valence electrons. The number of amides is 1. The Hall–Kier alpha value is -2.37. The largest absolute Gasteiger partial charge is 0.386 e. The summed E-state index contributed by atoms with van der Waals surface area (Å²) in [6, 6.07) is 3.49. The third-order valence-electron chi connectivity index (χ3n) is 2.58. The van der Waals surface area contributed by atoms with Crippen molar-refractivity contribution in [2.24, 2.45) is 7.05 Å². The predicted molar refractivity (Wildman–Crippen MR) is 69.7 cm³/mol. The zero-order valence-corrected chi connectivity index (χ0v) is 10.6. The Morgan fingerprint density at radius 3 is 2.83 bits per heavy atom. The normalized spacial score (nSPS) is 10.2. The van der Waals surface area contributed by atoms with Gasteiger partial charge in [-0.25, -0.2) is 0 Å². The van der Waals surface area contributed by atoms with Gasteiger partial charge in [0.05, 0.1) is 23.1 Å². The molecule has 0 saturated heterocycles. The summed E-state index contributed by atoms with van der Waals surface area (Å²) in [4.78, 5) is 16.1. The Morgan fingerprint density at radius 2 is 2.22 bits per heavy atom. The number of carbonyl (C=O) groups is 1. The van der Waals surface area contributed by atoms with Crippen molar-refractivity contribution in [2.75, 3.05) is 17.7 Å². The molecule has 2 aromatic rings. The summed E-state index contributed by atoms with van der Waals surface area (Å²) in [5.41, 5.74) is 2.09. The average Bonchev–Trinajstić information content (AvgIpc) is 2.67. The Labute approximate surface area is 105 Å². The van der Waals surface area contributed by atoms with Crippen LogP contribution in [0.2, 0.25) is 0 Å². The second-order valence-electron chi connectivity index (χ2n) is 3.92. The molecule has 0 saturated carbocycles. The molecule has 6 heteroatoms. The van der Waals surface area contributed by atoms with E-state index in [2.05, 4.69) is 20.7 Å². The van der Waals surface area contributed by atoms with E-state index in [1.54, 1.807) is 37.2 Å². The lowest BCUT2D eigenvalue weighted by molar-refractivity contribution is 0.102. The van der Waals surface area contributed by atoms with Crippen LogP contribution in [0.25, 0.3) is 0 Å². The Balaban J connectivity index is 2.24. The highest BCUT2D eigenvalue weighted by atomic mass is 16.1. The number of carbonyl (C=O) groups excluding carboxylic acids is 1. The molecule has 2 N–H and O–H groups in total. The molecule has 0 radical (unpaired) electrons. The van der Waals surface area contributed by atoms with Gasteiger partial charge in [-0.05, 0) is 13.0 Å². The standard InChI is InChI=1S/C12H15N5O/c1-8-6-11(17(3)16-8)15-12(18)9-4-5-14-7-10(9)13-2/h4-7,13H,1-3H3,(H,15,18). The summed E-state index contributed by atoms with van der Waals surface area (Å²) in [5.74, 6) is 0.473. The minimum Gasteiger partial charge on any atom is -0.386 e. The summed E-state index contributed by atoms with van der Waals surface area (Å²) in [5, 5.41) is 9.93. The first kappa shape index (κ1) is 12.1. The number of anilines is 2. The van der Waals surface area contributed by atoms with E-state index in [1.165, 1.54) is 0 Å². The number of rotatable bonds is 3. The molecule has 0 spiro atoms. The van der Waals surface area contributed by atoms with Crippen LogP contribution in [0, 0.1) is 6.92 Å². The van der Waals surface area contributed by atoms with Gasteiger partial charge in [0.25, 0.3) is 5.91 Å². The van der Waals surface area contributed by atoms with E-state index in [0.29, 0.717) is 17.1 Å². The zero-order valence-electron chi connectivity index (χ0n) is 10.6. The Morgan fingerprint density at radius 1 is 1.44 bits per heavy atom. The molecule has 0 atom stereocenters. The maximum atomic E-state index is 12.1. The Kier molecular flexibility index (Phi) is 3.27. The second kappa shape index (κ2) is 4.87. The lowest BCUT2D eigenvalue weighted by Crippen LogP contribution is -2.16. The first-order valence-electron chi connectivity index (χ1n) is 5.55. The van der Waals surface area contributed by atoms with Crippen LogP contribution in [0.5, 0.6) is 0 Å². The monoisotopic (exact) mass is 245 g/mol. The molecule has 2 heterocycles. The molecule has 2 rings (SSSR count). The van der Waals surface area contributed by atoms with Crippen molar-refractivity contribution in [3.63, 3.8) is 0 Å². The molecule has 0 aliphatic heterocycles. The van der Waals surface area contributed by atoms with Crippen molar-refractivity contribution >= 4 is 17.4 Å². The maximum Gasteiger partial charge on any atom is 0.259 e. The van der Waals surface area contributed by atoms with Crippen LogP contribution in [-0.2, 0) is 7.05 Å². The molecule has 18 heavy (non-hydrogen) atoms. The minimum atomic E-state index is -0.190. The predicted octanol–water partition coefficient (Wildman–Crippen LogP) is 1.42. The molecular weight excluding hydrogens is 230 g/mol. The summed E-state index contributed by atoms with van der Waals surface area (Å²) in [7, 11) is 3.54. The fourth-order valence-corrected chi connectivity index (χ4v) is 1.70. The van der Waals surface area contributed by atoms with E-state index in [-0.39, 0.29) is 5.91 Å². The average molecular weight is 245 g/mol. The van der Waals surface area contributed by atoms with Gasteiger partial charge in [-0.1, -0.05) is 0 Å². The van der Waals surface area contributed by atoms with E-state index in [1.807, 2.05) is 13.0 Å². The van der Waals surface area contributed by atoms with Gasteiger partial charge in [-0.15, -0.1) is 0 Å². The molecule has 0 aromatic carbocycles. The van der Waals surface area contributed by atoms with Crippen LogP contribution < -0.4 is 10.6 Å². The first-order chi connectivity index (χ1) is 8.61. The minimum absolute atomic E-state index is 0.190. The number of pyridine rings is 1. The maximum absolute atomic E-state index is 12.1. The molecule has 0 aliphatic carbocycles.